The predicted octanol–water partition coefficient (Wildman–Crippen LogP) is 6.80. The van der Waals surface area contributed by atoms with Gasteiger partial charge >= 0.3 is 22.4 Å². The fraction of sp³-hybridized carbons (Fsp3) is 0.724. The average molecular weight is 610 g/mol. The number of halogens is 5. The second kappa shape index (κ2) is 11.4. The molecular weight excluding hydrogens is 569 g/mol. The Kier molecular flexibility index (Phi) is 8.93. The highest BCUT2D eigenvalue weighted by Gasteiger charge is 2.63. The van der Waals surface area contributed by atoms with Crippen LogP contribution in [0.25, 0.3) is 0 Å². The van der Waals surface area contributed by atoms with Crippen LogP contribution in [0.1, 0.15) is 88.2 Å². The third kappa shape index (κ3) is 6.03. The Morgan fingerprint density at radius 2 is 1.83 bits per heavy atom. The van der Waals surface area contributed by atoms with Gasteiger partial charge in [0.1, 0.15) is 6.10 Å². The normalized spacial score (nSPS) is 32.5. The van der Waals surface area contributed by atoms with E-state index >= 15 is 0 Å². The monoisotopic (exact) mass is 609 g/mol. The third-order valence-corrected chi connectivity index (χ3v) is 10.7. The molecule has 0 amide bonds. The smallest absolute Gasteiger partial charge is 0.393 e. The van der Waals surface area contributed by atoms with Crippen molar-refractivity contribution >= 4 is 16.0 Å². The van der Waals surface area contributed by atoms with Gasteiger partial charge < -0.3 is 10.2 Å². The SMILES string of the molecule is C=CC12CCc3cc(NS(=O)(=O)O)ccc3C1[C@@H](CCCCCC[C@H](O)C(F)(F)C(F)(F)F)C[C@@]1(C)C2CC[C@@H]1O. The minimum atomic E-state index is -5.79. The third-order valence-electron chi connectivity index (χ3n) is 10.2. The van der Waals surface area contributed by atoms with E-state index < -0.39 is 41.0 Å². The van der Waals surface area contributed by atoms with Gasteiger partial charge in [-0.1, -0.05) is 44.7 Å². The Labute approximate surface area is 238 Å². The van der Waals surface area contributed by atoms with Gasteiger partial charge in [0.2, 0.25) is 0 Å². The quantitative estimate of drug-likeness (QED) is 0.0956. The first-order chi connectivity index (χ1) is 19.0. The summed E-state index contributed by atoms with van der Waals surface area (Å²) in [5.41, 5.74) is 1.74. The zero-order valence-electron chi connectivity index (χ0n) is 23.1. The summed E-state index contributed by atoms with van der Waals surface area (Å²) in [6, 6.07) is 5.27. The van der Waals surface area contributed by atoms with Crippen molar-refractivity contribution in [2.45, 2.75) is 108 Å². The predicted molar refractivity (Wildman–Crippen MR) is 145 cm³/mol. The molecule has 41 heavy (non-hydrogen) atoms. The summed E-state index contributed by atoms with van der Waals surface area (Å²) in [6.07, 6.45) is -1.32. The van der Waals surface area contributed by atoms with Crippen LogP contribution in [0.4, 0.5) is 27.6 Å². The van der Waals surface area contributed by atoms with E-state index in [9.17, 15) is 45.1 Å². The number of hydrogen-bond donors (Lipinski definition) is 4. The molecule has 3 aliphatic rings. The van der Waals surface area contributed by atoms with Crippen LogP contribution < -0.4 is 4.72 Å². The maximum Gasteiger partial charge on any atom is 0.456 e. The molecule has 0 aromatic heterocycles. The van der Waals surface area contributed by atoms with Crippen molar-refractivity contribution in [3.05, 3.63) is 42.0 Å². The molecule has 232 valence electrons. The van der Waals surface area contributed by atoms with Crippen LogP contribution in [0.5, 0.6) is 0 Å². The van der Waals surface area contributed by atoms with Crippen molar-refractivity contribution in [2.24, 2.45) is 22.7 Å². The van der Waals surface area contributed by atoms with Crippen molar-refractivity contribution in [3.63, 3.8) is 0 Å². The topological polar surface area (TPSA) is 107 Å². The number of alkyl halides is 5. The second-order valence-electron chi connectivity index (χ2n) is 12.5. The number of anilines is 1. The van der Waals surface area contributed by atoms with E-state index in [2.05, 4.69) is 18.2 Å². The number of fused-ring (bicyclic) bond motifs is 5. The van der Waals surface area contributed by atoms with Gasteiger partial charge in [0.25, 0.3) is 0 Å². The molecule has 1 aromatic carbocycles. The maximum absolute atomic E-state index is 13.3. The number of allylic oxidation sites excluding steroid dienone is 1. The van der Waals surface area contributed by atoms with Gasteiger partial charge in [-0.25, -0.2) is 0 Å². The Morgan fingerprint density at radius 3 is 2.46 bits per heavy atom. The first kappa shape index (κ1) is 32.2. The van der Waals surface area contributed by atoms with Crippen LogP contribution in [0, 0.1) is 22.7 Å². The lowest BCUT2D eigenvalue weighted by Gasteiger charge is -2.60. The molecule has 4 rings (SSSR count). The van der Waals surface area contributed by atoms with Crippen LogP contribution in [-0.4, -0.2) is 47.5 Å². The van der Waals surface area contributed by atoms with Gasteiger partial charge in [-0.15, -0.1) is 6.58 Å². The van der Waals surface area contributed by atoms with Crippen molar-refractivity contribution in [1.29, 1.82) is 0 Å². The molecular formula is C29H40F5NO5S. The second-order valence-corrected chi connectivity index (χ2v) is 13.7. The fourth-order valence-electron chi connectivity index (χ4n) is 8.39. The minimum Gasteiger partial charge on any atom is -0.393 e. The molecule has 0 spiro atoms. The lowest BCUT2D eigenvalue weighted by atomic mass is 9.44. The maximum atomic E-state index is 13.3. The Bertz CT molecular complexity index is 1220. The number of rotatable bonds is 11. The number of aliphatic hydroxyl groups is 2. The number of aryl methyl sites for hydroxylation is 1. The van der Waals surface area contributed by atoms with Crippen molar-refractivity contribution in [3.8, 4) is 0 Å². The molecule has 2 fully saturated rings. The summed E-state index contributed by atoms with van der Waals surface area (Å²) in [7, 11) is -4.43. The Morgan fingerprint density at radius 1 is 1.15 bits per heavy atom. The van der Waals surface area contributed by atoms with Gasteiger partial charge in [0.05, 0.1) is 11.8 Å². The number of unbranched alkanes of at least 4 members (excludes halogenated alkanes) is 3. The van der Waals surface area contributed by atoms with Gasteiger partial charge in [0, 0.05) is 0 Å². The van der Waals surface area contributed by atoms with E-state index in [1.807, 2.05) is 12.1 Å². The molecule has 0 aliphatic heterocycles. The van der Waals surface area contributed by atoms with Gasteiger partial charge in [-0.2, -0.15) is 30.4 Å². The molecule has 0 bridgehead atoms. The minimum absolute atomic E-state index is 0.0441. The summed E-state index contributed by atoms with van der Waals surface area (Å²) in [6.45, 7) is 6.39. The summed E-state index contributed by atoms with van der Waals surface area (Å²) in [4.78, 5) is 0. The lowest BCUT2D eigenvalue weighted by molar-refractivity contribution is -0.313. The fourth-order valence-corrected chi connectivity index (χ4v) is 8.81. The molecule has 2 saturated carbocycles. The summed E-state index contributed by atoms with van der Waals surface area (Å²) < 4.78 is 98.2. The Hall–Kier alpha value is -1.76. The first-order valence-corrected chi connectivity index (χ1v) is 15.7. The molecule has 4 N–H and O–H groups in total. The molecule has 6 nitrogen and oxygen atoms in total. The molecule has 0 radical (unpaired) electrons. The zero-order chi connectivity index (χ0) is 30.4. The highest BCUT2D eigenvalue weighted by atomic mass is 32.2. The largest absolute Gasteiger partial charge is 0.456 e. The zero-order valence-corrected chi connectivity index (χ0v) is 24.0. The summed E-state index contributed by atoms with van der Waals surface area (Å²) >= 11 is 0. The highest BCUT2D eigenvalue weighted by molar-refractivity contribution is 7.87. The molecule has 0 heterocycles. The van der Waals surface area contributed by atoms with Crippen LogP contribution in [-0.2, 0) is 16.7 Å². The van der Waals surface area contributed by atoms with E-state index in [-0.39, 0.29) is 40.7 Å². The molecule has 3 unspecified atom stereocenters. The summed E-state index contributed by atoms with van der Waals surface area (Å²) in [5.74, 6) is -4.74. The number of nitrogens with one attached hydrogen (secondary N) is 1. The number of aliphatic hydroxyl groups excluding tert-OH is 2. The number of benzene rings is 1. The van der Waals surface area contributed by atoms with E-state index in [0.29, 0.717) is 32.1 Å². The number of hydrogen-bond acceptors (Lipinski definition) is 4. The molecule has 3 aliphatic carbocycles. The first-order valence-electron chi connectivity index (χ1n) is 14.3. The lowest BCUT2D eigenvalue weighted by Crippen LogP contribution is -2.54. The molecule has 12 heteroatoms. The average Bonchev–Trinajstić information content (AvgIpc) is 3.17. The summed E-state index contributed by atoms with van der Waals surface area (Å²) in [5, 5.41) is 20.5. The molecule has 1 aromatic rings. The van der Waals surface area contributed by atoms with E-state index in [0.717, 1.165) is 36.8 Å². The van der Waals surface area contributed by atoms with Crippen molar-refractivity contribution < 1.29 is 45.1 Å². The van der Waals surface area contributed by atoms with Gasteiger partial charge in [-0.3, -0.25) is 9.27 Å². The van der Waals surface area contributed by atoms with E-state index in [1.54, 1.807) is 12.1 Å². The van der Waals surface area contributed by atoms with Crippen LogP contribution in [0.15, 0.2) is 30.9 Å². The van der Waals surface area contributed by atoms with Crippen LogP contribution >= 0.6 is 0 Å². The van der Waals surface area contributed by atoms with Gasteiger partial charge in [-0.05, 0) is 96.8 Å². The molecule has 7 atom stereocenters. The van der Waals surface area contributed by atoms with Crippen molar-refractivity contribution in [1.82, 2.24) is 0 Å². The van der Waals surface area contributed by atoms with E-state index in [4.69, 9.17) is 0 Å². The Balaban J connectivity index is 1.51. The van der Waals surface area contributed by atoms with Crippen molar-refractivity contribution in [2.75, 3.05) is 4.72 Å². The highest BCUT2D eigenvalue weighted by Crippen LogP contribution is 2.69. The van der Waals surface area contributed by atoms with Crippen LogP contribution in [0.3, 0.4) is 0 Å². The van der Waals surface area contributed by atoms with Gasteiger partial charge in [0.15, 0.2) is 0 Å². The molecule has 0 saturated heterocycles. The van der Waals surface area contributed by atoms with E-state index in [1.165, 1.54) is 0 Å². The van der Waals surface area contributed by atoms with Crippen LogP contribution in [0.2, 0.25) is 0 Å². The standard InChI is InChI=1S/C29H40F5NO5S/c1-3-27-15-14-18-16-20(35-41(38,39)40)10-11-21(18)25(27)19(17-26(2)22(27)12-13-23(26)36)8-6-4-5-7-9-24(37)28(30,31)29(32,33)34/h3,10-11,16,19,22-25,35-37H,1,4-9,12-15,17H2,2H3,(H,38,39,40)/t19-,22?,23-,24-,25?,26-,27?/m0/s1.